The molecule has 4 nitrogen and oxygen atoms in total. The Morgan fingerprint density at radius 1 is 1.14 bits per heavy atom. The molecule has 21 heavy (non-hydrogen) atoms. The normalized spacial score (nSPS) is 14.0. The highest BCUT2D eigenvalue weighted by molar-refractivity contribution is 7.93. The molecule has 0 aromatic heterocycles. The van der Waals surface area contributed by atoms with Crippen LogP contribution < -0.4 is 10.0 Å². The number of sulfonamides is 1. The van der Waals surface area contributed by atoms with Gasteiger partial charge in [-0.25, -0.2) is 8.42 Å². The molecule has 0 radical (unpaired) electrons. The summed E-state index contributed by atoms with van der Waals surface area (Å²) in [6.45, 7) is 11.5. The second kappa shape index (κ2) is 7.27. The van der Waals surface area contributed by atoms with Gasteiger partial charge < -0.3 is 5.32 Å². The van der Waals surface area contributed by atoms with Crippen molar-refractivity contribution in [3.05, 3.63) is 29.8 Å². The molecule has 0 amide bonds. The van der Waals surface area contributed by atoms with Crippen molar-refractivity contribution >= 4 is 15.7 Å². The Bertz CT molecular complexity index is 530. The minimum Gasteiger partial charge on any atom is -0.315 e. The Morgan fingerprint density at radius 3 is 2.19 bits per heavy atom. The van der Waals surface area contributed by atoms with E-state index in [2.05, 4.69) is 37.7 Å². The first-order valence-electron chi connectivity index (χ1n) is 7.49. The summed E-state index contributed by atoms with van der Waals surface area (Å²) in [5.74, 6) is 0. The number of rotatable bonds is 7. The van der Waals surface area contributed by atoms with Crippen molar-refractivity contribution in [3.8, 4) is 0 Å². The van der Waals surface area contributed by atoms with E-state index in [9.17, 15) is 8.42 Å². The Balaban J connectivity index is 2.71. The van der Waals surface area contributed by atoms with Crippen LogP contribution in [0, 0.1) is 0 Å². The highest BCUT2D eigenvalue weighted by Gasteiger charge is 2.20. The summed E-state index contributed by atoms with van der Waals surface area (Å²) >= 11 is 0. The fraction of sp³-hybridized carbons (Fsp3) is 0.625. The van der Waals surface area contributed by atoms with E-state index in [0.717, 1.165) is 13.0 Å². The van der Waals surface area contributed by atoms with Crippen LogP contribution in [0.4, 0.5) is 5.69 Å². The molecule has 0 heterocycles. The third-order valence-corrected chi connectivity index (χ3v) is 5.15. The molecule has 0 spiro atoms. The molecule has 120 valence electrons. The summed E-state index contributed by atoms with van der Waals surface area (Å²) in [5, 5.41) is 2.67. The Morgan fingerprint density at radius 2 is 1.71 bits per heavy atom. The van der Waals surface area contributed by atoms with Gasteiger partial charge in [0.05, 0.1) is 5.25 Å². The van der Waals surface area contributed by atoms with E-state index in [4.69, 9.17) is 0 Å². The van der Waals surface area contributed by atoms with Crippen molar-refractivity contribution in [2.75, 3.05) is 17.8 Å². The Hall–Kier alpha value is -1.07. The predicted octanol–water partition coefficient (Wildman–Crippen LogP) is 3.11. The van der Waals surface area contributed by atoms with Crippen molar-refractivity contribution in [2.24, 2.45) is 0 Å². The molecular formula is C16H28N2O2S. The smallest absolute Gasteiger partial charge is 0.236 e. The monoisotopic (exact) mass is 312 g/mol. The van der Waals surface area contributed by atoms with Crippen LogP contribution in [0.3, 0.4) is 0 Å². The van der Waals surface area contributed by atoms with Crippen LogP contribution >= 0.6 is 0 Å². The van der Waals surface area contributed by atoms with Crippen molar-refractivity contribution in [3.63, 3.8) is 0 Å². The molecule has 1 aromatic carbocycles. The second-order valence-corrected chi connectivity index (χ2v) is 8.59. The van der Waals surface area contributed by atoms with Gasteiger partial charge in [0.25, 0.3) is 0 Å². The van der Waals surface area contributed by atoms with Crippen molar-refractivity contribution in [2.45, 2.75) is 51.7 Å². The van der Waals surface area contributed by atoms with Crippen molar-refractivity contribution in [1.29, 1.82) is 0 Å². The van der Waals surface area contributed by atoms with Gasteiger partial charge in [0.1, 0.15) is 0 Å². The average Bonchev–Trinajstić information content (AvgIpc) is 2.38. The molecule has 0 aliphatic carbocycles. The molecule has 5 heteroatoms. The van der Waals surface area contributed by atoms with Gasteiger partial charge in [-0.1, -0.05) is 39.8 Å². The van der Waals surface area contributed by atoms with Gasteiger partial charge in [-0.2, -0.15) is 0 Å². The molecule has 2 N–H and O–H groups in total. The lowest BCUT2D eigenvalue weighted by Crippen LogP contribution is -2.35. The summed E-state index contributed by atoms with van der Waals surface area (Å²) in [4.78, 5) is 0. The van der Waals surface area contributed by atoms with Crippen molar-refractivity contribution < 1.29 is 8.42 Å². The topological polar surface area (TPSA) is 58.2 Å². The number of hydrogen-bond donors (Lipinski definition) is 2. The molecular weight excluding hydrogens is 284 g/mol. The summed E-state index contributed by atoms with van der Waals surface area (Å²) in [5.41, 5.74) is 1.86. The van der Waals surface area contributed by atoms with Gasteiger partial charge in [-0.3, -0.25) is 4.72 Å². The molecule has 0 saturated carbocycles. The van der Waals surface area contributed by atoms with E-state index in [1.807, 2.05) is 24.3 Å². The standard InChI is InChI=1S/C16H28N2O2S/c1-6-11-17-12-13(2)21(19,20)18-15-9-7-14(8-10-15)16(3,4)5/h7-10,13,17-18H,6,11-12H2,1-5H3. The number of benzene rings is 1. The molecule has 0 saturated heterocycles. The van der Waals surface area contributed by atoms with Gasteiger partial charge in [-0.05, 0) is 43.0 Å². The van der Waals surface area contributed by atoms with Gasteiger partial charge in [0.2, 0.25) is 10.0 Å². The van der Waals surface area contributed by atoms with E-state index in [1.54, 1.807) is 6.92 Å². The quantitative estimate of drug-likeness (QED) is 0.761. The third-order valence-electron chi connectivity index (χ3n) is 3.40. The first-order valence-corrected chi connectivity index (χ1v) is 9.04. The Kier molecular flexibility index (Phi) is 6.23. The SMILES string of the molecule is CCCNCC(C)S(=O)(=O)Nc1ccc(C(C)(C)C)cc1. The number of nitrogens with one attached hydrogen (secondary N) is 2. The van der Waals surface area contributed by atoms with Gasteiger partial charge in [0.15, 0.2) is 0 Å². The lowest BCUT2D eigenvalue weighted by Gasteiger charge is -2.20. The van der Waals surface area contributed by atoms with Gasteiger partial charge >= 0.3 is 0 Å². The highest BCUT2D eigenvalue weighted by Crippen LogP contribution is 2.24. The first kappa shape index (κ1) is 18.0. The Labute approximate surface area is 129 Å². The second-order valence-electron chi connectivity index (χ2n) is 6.49. The summed E-state index contributed by atoms with van der Waals surface area (Å²) < 4.78 is 27.1. The largest absolute Gasteiger partial charge is 0.315 e. The first-order chi connectivity index (χ1) is 9.66. The van der Waals surface area contributed by atoms with Gasteiger partial charge in [-0.15, -0.1) is 0 Å². The van der Waals surface area contributed by atoms with Crippen molar-refractivity contribution in [1.82, 2.24) is 5.32 Å². The third kappa shape index (κ3) is 5.67. The van der Waals surface area contributed by atoms with Crippen LogP contribution in [0.25, 0.3) is 0 Å². The van der Waals surface area contributed by atoms with Crippen LogP contribution in [0.1, 0.15) is 46.6 Å². The average molecular weight is 312 g/mol. The minimum atomic E-state index is -3.35. The highest BCUT2D eigenvalue weighted by atomic mass is 32.2. The maximum Gasteiger partial charge on any atom is 0.236 e. The maximum atomic E-state index is 12.2. The minimum absolute atomic E-state index is 0.0643. The van der Waals surface area contributed by atoms with E-state index in [0.29, 0.717) is 12.2 Å². The molecule has 0 aliphatic rings. The van der Waals surface area contributed by atoms with E-state index >= 15 is 0 Å². The summed E-state index contributed by atoms with van der Waals surface area (Å²) in [6.07, 6.45) is 0.995. The fourth-order valence-electron chi connectivity index (χ4n) is 1.89. The summed E-state index contributed by atoms with van der Waals surface area (Å²) in [6, 6.07) is 7.59. The molecule has 0 bridgehead atoms. The maximum absolute atomic E-state index is 12.2. The molecule has 1 atom stereocenters. The number of hydrogen-bond acceptors (Lipinski definition) is 3. The zero-order valence-electron chi connectivity index (χ0n) is 13.7. The van der Waals surface area contributed by atoms with Gasteiger partial charge in [0, 0.05) is 12.2 Å². The molecule has 1 aromatic rings. The van der Waals surface area contributed by atoms with Crippen LogP contribution in [0.15, 0.2) is 24.3 Å². The van der Waals surface area contributed by atoms with E-state index < -0.39 is 15.3 Å². The summed E-state index contributed by atoms with van der Waals surface area (Å²) in [7, 11) is -3.35. The lowest BCUT2D eigenvalue weighted by molar-refractivity contribution is 0.576. The zero-order chi connectivity index (χ0) is 16.1. The molecule has 1 unspecified atom stereocenters. The van der Waals surface area contributed by atoms with E-state index in [-0.39, 0.29) is 5.41 Å². The van der Waals surface area contributed by atoms with Crippen LogP contribution in [-0.4, -0.2) is 26.8 Å². The predicted molar refractivity (Wildman–Crippen MR) is 90.3 cm³/mol. The lowest BCUT2D eigenvalue weighted by atomic mass is 9.87. The fourth-order valence-corrected chi connectivity index (χ4v) is 2.90. The van der Waals surface area contributed by atoms with E-state index in [1.165, 1.54) is 5.56 Å². The van der Waals surface area contributed by atoms with Crippen LogP contribution in [-0.2, 0) is 15.4 Å². The number of anilines is 1. The molecule has 0 fully saturated rings. The zero-order valence-corrected chi connectivity index (χ0v) is 14.5. The molecule has 0 aliphatic heterocycles. The van der Waals surface area contributed by atoms with Crippen LogP contribution in [0.2, 0.25) is 0 Å². The molecule has 1 rings (SSSR count). The van der Waals surface area contributed by atoms with Crippen LogP contribution in [0.5, 0.6) is 0 Å².